The van der Waals surface area contributed by atoms with Crippen LogP contribution in [0.15, 0.2) is 59.3 Å². The van der Waals surface area contributed by atoms with E-state index >= 15 is 0 Å². The van der Waals surface area contributed by atoms with E-state index in [2.05, 4.69) is 24.1 Å². The van der Waals surface area contributed by atoms with Crippen molar-refractivity contribution in [3.63, 3.8) is 0 Å². The first-order valence-corrected chi connectivity index (χ1v) is 11.1. The van der Waals surface area contributed by atoms with Crippen LogP contribution in [0.2, 0.25) is 0 Å². The van der Waals surface area contributed by atoms with Gasteiger partial charge in [0.05, 0.1) is 0 Å². The molecule has 1 saturated heterocycles. The monoisotopic (exact) mass is 422 g/mol. The average Bonchev–Trinajstić information content (AvgIpc) is 3.30. The molecule has 2 aromatic rings. The third-order valence-corrected chi connectivity index (χ3v) is 4.00. The fourth-order valence-electron chi connectivity index (χ4n) is 2.79. The van der Waals surface area contributed by atoms with Crippen LogP contribution >= 0.6 is 20.2 Å². The zero-order valence-corrected chi connectivity index (χ0v) is 16.9. The second kappa shape index (κ2) is 10.8. The number of rotatable bonds is 4. The molecule has 2 atom stereocenters. The van der Waals surface area contributed by atoms with Crippen LogP contribution in [0, 0.1) is 0 Å². The molecule has 0 radical (unpaired) electrons. The van der Waals surface area contributed by atoms with Gasteiger partial charge in [-0.1, -0.05) is 31.3 Å². The van der Waals surface area contributed by atoms with Crippen molar-refractivity contribution in [1.29, 1.82) is 0 Å². The van der Waals surface area contributed by atoms with Crippen molar-refractivity contribution >= 4 is 31.6 Å². The molecule has 0 aromatic carbocycles. The Balaban J connectivity index is 0.000000701. The summed E-state index contributed by atoms with van der Waals surface area (Å²) in [6, 6.07) is 8.29. The van der Waals surface area contributed by atoms with Gasteiger partial charge in [0, 0.05) is 36.2 Å². The number of aromatic nitrogens is 2. The van der Waals surface area contributed by atoms with E-state index in [-0.39, 0.29) is 25.2 Å². The van der Waals surface area contributed by atoms with E-state index in [0.717, 1.165) is 30.7 Å². The Bertz CT molecular complexity index is 611. The summed E-state index contributed by atoms with van der Waals surface area (Å²) in [5.41, 5.74) is 2.13. The molecular formula is C17H22Cl2FeN5. The van der Waals surface area contributed by atoms with Gasteiger partial charge in [0.2, 0.25) is 0 Å². The zero-order chi connectivity index (χ0) is 18.1. The fourth-order valence-corrected chi connectivity index (χ4v) is 2.79. The molecule has 0 amide bonds. The van der Waals surface area contributed by atoms with Crippen LogP contribution in [0.5, 0.6) is 0 Å². The van der Waals surface area contributed by atoms with Crippen molar-refractivity contribution in [2.24, 2.45) is 10.2 Å². The molecule has 0 saturated carbocycles. The van der Waals surface area contributed by atoms with E-state index in [1.165, 1.54) is 0 Å². The molecule has 0 bridgehead atoms. The van der Waals surface area contributed by atoms with Crippen molar-refractivity contribution in [3.05, 3.63) is 54.4 Å². The Morgan fingerprint density at radius 3 is 1.60 bits per heavy atom. The van der Waals surface area contributed by atoms with Gasteiger partial charge in [0.25, 0.3) is 0 Å². The Morgan fingerprint density at radius 2 is 1.24 bits per heavy atom. The van der Waals surface area contributed by atoms with Crippen molar-refractivity contribution in [2.75, 3.05) is 0 Å². The molecule has 3 rings (SSSR count). The van der Waals surface area contributed by atoms with Gasteiger partial charge in [-0.15, -0.1) is 0 Å². The maximum absolute atomic E-state index is 4.95. The molecule has 25 heavy (non-hydrogen) atoms. The Morgan fingerprint density at radius 1 is 0.880 bits per heavy atom. The fraction of sp³-hybridized carbons (Fsp3) is 0.412. The van der Waals surface area contributed by atoms with Crippen LogP contribution in [0.1, 0.15) is 33.1 Å². The Kier molecular flexibility index (Phi) is 8.79. The third-order valence-electron chi connectivity index (χ3n) is 4.00. The van der Waals surface area contributed by atoms with Gasteiger partial charge in [0.15, 0.2) is 0 Å². The van der Waals surface area contributed by atoms with Crippen molar-refractivity contribution in [2.45, 2.75) is 45.2 Å². The molecule has 5 nitrogen and oxygen atoms in total. The van der Waals surface area contributed by atoms with Gasteiger partial charge in [-0.25, -0.2) is 9.35 Å². The van der Waals surface area contributed by atoms with Crippen molar-refractivity contribution < 1.29 is 13.1 Å². The summed E-state index contributed by atoms with van der Waals surface area (Å²) in [6.45, 7) is 4.13. The summed E-state index contributed by atoms with van der Waals surface area (Å²) >= 11 is 0.194. The molecular weight excluding hydrogens is 401 g/mol. The van der Waals surface area contributed by atoms with Gasteiger partial charge in [-0.05, 0) is 38.1 Å². The van der Waals surface area contributed by atoms with Crippen LogP contribution in [-0.4, -0.2) is 32.9 Å². The number of hydrogen-bond donors (Lipinski definition) is 0. The van der Waals surface area contributed by atoms with Gasteiger partial charge < -0.3 is 5.32 Å². The summed E-state index contributed by atoms with van der Waals surface area (Å²) in [5, 5.41) is 14.2. The van der Waals surface area contributed by atoms with Crippen molar-refractivity contribution in [3.8, 4) is 0 Å². The molecule has 1 aliphatic rings. The SMILES string of the molecule is C/C(=N\n1cccc1)C1CCCC(/C(C)=N/n2cccc2)[N-]1.[Cl][Fe+][Cl]. The number of hydrogen-bond acceptors (Lipinski definition) is 2. The van der Waals surface area contributed by atoms with Gasteiger partial charge in [-0.2, -0.15) is 10.2 Å². The molecule has 0 N–H and O–H groups in total. The summed E-state index contributed by atoms with van der Waals surface area (Å²) < 4.78 is 3.68. The van der Waals surface area contributed by atoms with Gasteiger partial charge >= 0.3 is 33.3 Å². The molecule has 2 aromatic heterocycles. The quantitative estimate of drug-likeness (QED) is 0.485. The van der Waals surface area contributed by atoms with E-state index in [0.29, 0.717) is 0 Å². The predicted octanol–water partition coefficient (Wildman–Crippen LogP) is 5.11. The number of nitrogens with zero attached hydrogens (tertiary/aromatic N) is 5. The molecule has 137 valence electrons. The van der Waals surface area contributed by atoms with Crippen LogP contribution in [-0.2, 0) is 13.1 Å². The van der Waals surface area contributed by atoms with E-state index in [1.807, 2.05) is 58.4 Å². The first-order valence-electron chi connectivity index (χ1n) is 8.06. The van der Waals surface area contributed by atoms with Gasteiger partial charge in [-0.3, -0.25) is 0 Å². The molecule has 2 unspecified atom stereocenters. The van der Waals surface area contributed by atoms with E-state index in [4.69, 9.17) is 25.5 Å². The van der Waals surface area contributed by atoms with Crippen LogP contribution in [0.25, 0.3) is 5.32 Å². The Hall–Kier alpha value is -1.04. The molecule has 3 heterocycles. The van der Waals surface area contributed by atoms with Crippen molar-refractivity contribution in [1.82, 2.24) is 9.35 Å². The molecule has 1 aliphatic heterocycles. The Labute approximate surface area is 163 Å². The van der Waals surface area contributed by atoms with Crippen LogP contribution in [0.3, 0.4) is 0 Å². The van der Waals surface area contributed by atoms with E-state index < -0.39 is 0 Å². The first kappa shape index (κ1) is 20.3. The molecule has 8 heteroatoms. The molecule has 0 aliphatic carbocycles. The zero-order valence-electron chi connectivity index (χ0n) is 14.2. The minimum atomic E-state index is 0.191. The summed E-state index contributed by atoms with van der Waals surface area (Å²) in [4.78, 5) is 0. The number of halogens is 2. The van der Waals surface area contributed by atoms with Crippen LogP contribution in [0.4, 0.5) is 0 Å². The normalized spacial score (nSPS) is 21.6. The third kappa shape index (κ3) is 6.65. The summed E-state index contributed by atoms with van der Waals surface area (Å²) in [5.74, 6) is 0. The predicted molar refractivity (Wildman–Crippen MR) is 102 cm³/mol. The van der Waals surface area contributed by atoms with E-state index in [9.17, 15) is 0 Å². The molecule has 0 spiro atoms. The first-order chi connectivity index (χ1) is 12.1. The number of piperidine rings is 1. The minimum absolute atomic E-state index is 0.191. The summed E-state index contributed by atoms with van der Waals surface area (Å²) in [6.07, 6.45) is 11.1. The molecule has 1 fully saturated rings. The van der Waals surface area contributed by atoms with Gasteiger partial charge in [0.1, 0.15) is 0 Å². The van der Waals surface area contributed by atoms with E-state index in [1.54, 1.807) is 0 Å². The van der Waals surface area contributed by atoms with Crippen LogP contribution < -0.4 is 0 Å². The maximum atomic E-state index is 4.95. The summed E-state index contributed by atoms with van der Waals surface area (Å²) in [7, 11) is 9.53. The standard InChI is InChI=1S/C17H22N5.2ClH.Fe/c1-14(19-21-10-3-4-11-21)16-8-7-9-17(18-16)15(2)20-22-12-5-6-13-22;;;/h3-6,10-13,16-17H,7-9H2,1-2H3;2*1H;/q-1;;;+3/p-2/b19-14+,20-15+;;;. The topological polar surface area (TPSA) is 48.7 Å². The second-order valence-corrected chi connectivity index (χ2v) is 7.59. The second-order valence-electron chi connectivity index (χ2n) is 5.77. The average molecular weight is 423 g/mol.